The molecule has 5 heteroatoms. The molecular weight excluding hydrogens is 262 g/mol. The quantitative estimate of drug-likeness (QED) is 0.865. The molecule has 0 N–H and O–H groups in total. The highest BCUT2D eigenvalue weighted by Gasteiger charge is 2.19. The minimum Gasteiger partial charge on any atom is -0.376 e. The van der Waals surface area contributed by atoms with E-state index >= 15 is 0 Å². The second-order valence-electron chi connectivity index (χ2n) is 4.88. The fraction of sp³-hybridized carbons (Fsp3) is 0.429. The maximum Gasteiger partial charge on any atom is 0.159 e. The number of halogens is 1. The minimum absolute atomic E-state index is 0.293. The van der Waals surface area contributed by atoms with E-state index in [4.69, 9.17) is 16.3 Å². The first-order valence-corrected chi connectivity index (χ1v) is 6.87. The summed E-state index contributed by atoms with van der Waals surface area (Å²) in [5, 5.41) is 10.7. The van der Waals surface area contributed by atoms with Crippen molar-refractivity contribution in [3.8, 4) is 0 Å². The topological polar surface area (TPSA) is 38.2 Å². The van der Waals surface area contributed by atoms with E-state index < -0.39 is 0 Å². The molecule has 1 fully saturated rings. The molecule has 1 aromatic heterocycles. The van der Waals surface area contributed by atoms with E-state index in [1.54, 1.807) is 0 Å². The number of nitrogens with zero attached hydrogens (tertiary/aromatic N) is 3. The lowest BCUT2D eigenvalue weighted by molar-refractivity contribution is 0.116. The van der Waals surface area contributed by atoms with Crippen LogP contribution in [-0.4, -0.2) is 36.5 Å². The van der Waals surface area contributed by atoms with Crippen LogP contribution in [0.15, 0.2) is 24.3 Å². The van der Waals surface area contributed by atoms with Crippen molar-refractivity contribution in [1.29, 1.82) is 0 Å². The summed E-state index contributed by atoms with van der Waals surface area (Å²) in [6, 6.07) is 7.94. The molecule has 0 radical (unpaired) electrons. The van der Waals surface area contributed by atoms with Gasteiger partial charge in [-0.1, -0.05) is 35.9 Å². The van der Waals surface area contributed by atoms with Crippen LogP contribution >= 0.6 is 11.6 Å². The summed E-state index contributed by atoms with van der Waals surface area (Å²) in [4.78, 5) is 2.10. The first-order chi connectivity index (χ1) is 9.25. The normalized spacial score (nSPS) is 18.9. The van der Waals surface area contributed by atoms with Gasteiger partial charge in [-0.3, -0.25) is 0 Å². The highest BCUT2D eigenvalue weighted by Crippen LogP contribution is 2.28. The molecule has 19 heavy (non-hydrogen) atoms. The molecule has 1 aromatic carbocycles. The van der Waals surface area contributed by atoms with Crippen molar-refractivity contribution in [2.75, 3.05) is 25.1 Å². The predicted molar refractivity (Wildman–Crippen MR) is 76.8 cm³/mol. The number of anilines is 1. The van der Waals surface area contributed by atoms with Gasteiger partial charge < -0.3 is 9.64 Å². The maximum atomic E-state index is 6.09. The molecule has 0 spiro atoms. The number of hydrogen-bond acceptors (Lipinski definition) is 4. The van der Waals surface area contributed by atoms with Gasteiger partial charge >= 0.3 is 0 Å². The van der Waals surface area contributed by atoms with Crippen molar-refractivity contribution in [1.82, 2.24) is 10.2 Å². The summed E-state index contributed by atoms with van der Waals surface area (Å²) in [5.41, 5.74) is 0. The predicted octanol–water partition coefficient (Wildman–Crippen LogP) is 2.90. The van der Waals surface area contributed by atoms with Gasteiger partial charge in [0.15, 0.2) is 11.0 Å². The van der Waals surface area contributed by atoms with Crippen LogP contribution < -0.4 is 4.90 Å². The standard InChI is InChI=1S/C14H16ClN3O/c1-18(9-10-5-4-8-19-10)14-12-7-3-2-6-11(12)13(15)16-17-14/h2-3,6-7,10H,4-5,8-9H2,1H3. The molecular formula is C14H16ClN3O. The second-order valence-corrected chi connectivity index (χ2v) is 5.23. The summed E-state index contributed by atoms with van der Waals surface area (Å²) < 4.78 is 5.66. The van der Waals surface area contributed by atoms with Gasteiger partial charge in [0.05, 0.1) is 6.10 Å². The molecule has 2 heterocycles. The number of aromatic nitrogens is 2. The highest BCUT2D eigenvalue weighted by atomic mass is 35.5. The average Bonchev–Trinajstić information content (AvgIpc) is 2.92. The maximum absolute atomic E-state index is 6.09. The molecule has 100 valence electrons. The van der Waals surface area contributed by atoms with Crippen molar-refractivity contribution in [3.05, 3.63) is 29.4 Å². The first-order valence-electron chi connectivity index (χ1n) is 6.49. The third-order valence-electron chi connectivity index (χ3n) is 3.49. The van der Waals surface area contributed by atoms with Crippen molar-refractivity contribution in [3.63, 3.8) is 0 Å². The van der Waals surface area contributed by atoms with E-state index in [0.717, 1.165) is 42.6 Å². The monoisotopic (exact) mass is 277 g/mol. The van der Waals surface area contributed by atoms with Crippen LogP contribution in [0.5, 0.6) is 0 Å². The van der Waals surface area contributed by atoms with Crippen LogP contribution in [0.25, 0.3) is 10.8 Å². The lowest BCUT2D eigenvalue weighted by Crippen LogP contribution is -2.29. The summed E-state index contributed by atoms with van der Waals surface area (Å²) >= 11 is 6.09. The van der Waals surface area contributed by atoms with Gasteiger partial charge in [-0.15, -0.1) is 10.2 Å². The Balaban J connectivity index is 1.93. The van der Waals surface area contributed by atoms with Crippen molar-refractivity contribution in [2.45, 2.75) is 18.9 Å². The lowest BCUT2D eigenvalue weighted by atomic mass is 10.1. The van der Waals surface area contributed by atoms with Crippen LogP contribution in [0.4, 0.5) is 5.82 Å². The molecule has 0 saturated carbocycles. The number of ether oxygens (including phenoxy) is 1. The Bertz CT molecular complexity index is 584. The van der Waals surface area contributed by atoms with Crippen LogP contribution in [0.1, 0.15) is 12.8 Å². The summed E-state index contributed by atoms with van der Waals surface area (Å²) in [6.45, 7) is 1.70. The van der Waals surface area contributed by atoms with Gasteiger partial charge in [0.1, 0.15) is 0 Å². The van der Waals surface area contributed by atoms with Crippen LogP contribution in [0, 0.1) is 0 Å². The third kappa shape index (κ3) is 2.51. The number of benzene rings is 1. The number of fused-ring (bicyclic) bond motifs is 1. The van der Waals surface area contributed by atoms with E-state index in [9.17, 15) is 0 Å². The zero-order valence-electron chi connectivity index (χ0n) is 10.8. The van der Waals surface area contributed by atoms with Crippen LogP contribution in [0.2, 0.25) is 5.15 Å². The van der Waals surface area contributed by atoms with Gasteiger partial charge in [-0.25, -0.2) is 0 Å². The summed E-state index contributed by atoms with van der Waals surface area (Å²) in [5.74, 6) is 0.857. The van der Waals surface area contributed by atoms with E-state index in [1.165, 1.54) is 0 Å². The molecule has 4 nitrogen and oxygen atoms in total. The zero-order chi connectivity index (χ0) is 13.2. The zero-order valence-corrected chi connectivity index (χ0v) is 11.6. The Hall–Kier alpha value is -1.39. The Morgan fingerprint density at radius 1 is 1.32 bits per heavy atom. The van der Waals surface area contributed by atoms with Crippen LogP contribution in [0.3, 0.4) is 0 Å². The minimum atomic E-state index is 0.293. The second kappa shape index (κ2) is 5.31. The van der Waals surface area contributed by atoms with E-state index in [-0.39, 0.29) is 0 Å². The average molecular weight is 278 g/mol. The van der Waals surface area contributed by atoms with Crippen LogP contribution in [-0.2, 0) is 4.74 Å². The van der Waals surface area contributed by atoms with Gasteiger partial charge in [-0.2, -0.15) is 0 Å². The Labute approximate surface area is 117 Å². The number of rotatable bonds is 3. The SMILES string of the molecule is CN(CC1CCCO1)c1nnc(Cl)c2ccccc12. The molecule has 1 aliphatic heterocycles. The molecule has 0 bridgehead atoms. The molecule has 2 aromatic rings. The number of likely N-dealkylation sites (N-methyl/N-ethyl adjacent to an activating group) is 1. The Morgan fingerprint density at radius 3 is 2.84 bits per heavy atom. The Kier molecular flexibility index (Phi) is 3.53. The number of hydrogen-bond donors (Lipinski definition) is 0. The third-order valence-corrected chi connectivity index (χ3v) is 3.76. The molecule has 1 atom stereocenters. The van der Waals surface area contributed by atoms with Crippen molar-refractivity contribution in [2.24, 2.45) is 0 Å². The summed E-state index contributed by atoms with van der Waals surface area (Å²) in [6.07, 6.45) is 2.55. The van der Waals surface area contributed by atoms with Gasteiger partial charge in [0, 0.05) is 31.0 Å². The van der Waals surface area contributed by atoms with Gasteiger partial charge in [-0.05, 0) is 12.8 Å². The van der Waals surface area contributed by atoms with Crippen molar-refractivity contribution >= 4 is 28.2 Å². The lowest BCUT2D eigenvalue weighted by Gasteiger charge is -2.22. The van der Waals surface area contributed by atoms with Gasteiger partial charge in [0.2, 0.25) is 0 Å². The molecule has 1 unspecified atom stereocenters. The summed E-state index contributed by atoms with van der Waals surface area (Å²) in [7, 11) is 2.02. The van der Waals surface area contributed by atoms with E-state index in [2.05, 4.69) is 15.1 Å². The van der Waals surface area contributed by atoms with E-state index in [1.807, 2.05) is 31.3 Å². The molecule has 3 rings (SSSR count). The smallest absolute Gasteiger partial charge is 0.159 e. The van der Waals surface area contributed by atoms with Crippen molar-refractivity contribution < 1.29 is 4.74 Å². The Morgan fingerprint density at radius 2 is 2.11 bits per heavy atom. The van der Waals surface area contributed by atoms with Gasteiger partial charge in [0.25, 0.3) is 0 Å². The first kappa shape index (κ1) is 12.6. The highest BCUT2D eigenvalue weighted by molar-refractivity contribution is 6.34. The molecule has 0 amide bonds. The fourth-order valence-corrected chi connectivity index (χ4v) is 2.72. The molecule has 1 aliphatic rings. The van der Waals surface area contributed by atoms with E-state index in [0.29, 0.717) is 11.3 Å². The fourth-order valence-electron chi connectivity index (χ4n) is 2.52. The molecule has 0 aliphatic carbocycles. The molecule has 1 saturated heterocycles. The largest absolute Gasteiger partial charge is 0.376 e.